The number of hydrogen-bond donors (Lipinski definition) is 2. The first-order valence-corrected chi connectivity index (χ1v) is 8.21. The minimum absolute atomic E-state index is 0.0504. The fourth-order valence-corrected chi connectivity index (χ4v) is 2.27. The van der Waals surface area contributed by atoms with Crippen LogP contribution in [0.15, 0.2) is 47.6 Å². The summed E-state index contributed by atoms with van der Waals surface area (Å²) in [7, 11) is 2.91. The van der Waals surface area contributed by atoms with E-state index in [4.69, 9.17) is 9.47 Å². The number of ether oxygens (including phenoxy) is 2. The van der Waals surface area contributed by atoms with Crippen LogP contribution in [-0.2, 0) is 4.79 Å². The van der Waals surface area contributed by atoms with Crippen LogP contribution in [0.2, 0.25) is 0 Å². The maximum absolute atomic E-state index is 12.4. The van der Waals surface area contributed by atoms with Crippen LogP contribution in [-0.4, -0.2) is 37.9 Å². The molecule has 2 N–H and O–H groups in total. The second kappa shape index (κ2) is 9.09. The Bertz CT molecular complexity index is 943. The maximum atomic E-state index is 12.4. The second-order valence-electron chi connectivity index (χ2n) is 5.74. The molecule has 0 saturated heterocycles. The van der Waals surface area contributed by atoms with Crippen LogP contribution >= 0.6 is 0 Å². The molecule has 0 aliphatic heterocycles. The lowest BCUT2D eigenvalue weighted by molar-refractivity contribution is -0.167. The highest BCUT2D eigenvalue weighted by Crippen LogP contribution is 2.27. The van der Waals surface area contributed by atoms with E-state index in [1.807, 2.05) is 0 Å². The van der Waals surface area contributed by atoms with Crippen molar-refractivity contribution in [1.82, 2.24) is 5.43 Å². The van der Waals surface area contributed by atoms with Crippen LogP contribution in [0.5, 0.6) is 11.5 Å². The van der Waals surface area contributed by atoms with Gasteiger partial charge in [0.15, 0.2) is 11.5 Å². The van der Waals surface area contributed by atoms with Gasteiger partial charge in [0.05, 0.1) is 19.9 Å². The zero-order chi connectivity index (χ0) is 21.6. The van der Waals surface area contributed by atoms with Gasteiger partial charge in [-0.2, -0.15) is 18.3 Å². The predicted molar refractivity (Wildman–Crippen MR) is 100 cm³/mol. The Kier molecular flexibility index (Phi) is 6.81. The van der Waals surface area contributed by atoms with Crippen molar-refractivity contribution in [2.45, 2.75) is 13.1 Å². The first kappa shape index (κ1) is 21.7. The summed E-state index contributed by atoms with van der Waals surface area (Å²) >= 11 is 0. The summed E-state index contributed by atoms with van der Waals surface area (Å²) in [4.78, 5) is 23.3. The Labute approximate surface area is 164 Å². The van der Waals surface area contributed by atoms with Gasteiger partial charge in [0.2, 0.25) is 0 Å². The van der Waals surface area contributed by atoms with Crippen molar-refractivity contribution in [2.75, 3.05) is 19.5 Å². The number of alkyl halides is 3. The second-order valence-corrected chi connectivity index (χ2v) is 5.74. The molecule has 0 aromatic heterocycles. The van der Waals surface area contributed by atoms with E-state index in [1.165, 1.54) is 44.6 Å². The molecule has 0 aliphatic rings. The minimum atomic E-state index is -4.99. The predicted octanol–water partition coefficient (Wildman–Crippen LogP) is 3.36. The molecule has 2 amide bonds. The average Bonchev–Trinajstić information content (AvgIpc) is 2.70. The maximum Gasteiger partial charge on any atom is 0.471 e. The van der Waals surface area contributed by atoms with E-state index in [-0.39, 0.29) is 11.3 Å². The largest absolute Gasteiger partial charge is 0.493 e. The summed E-state index contributed by atoms with van der Waals surface area (Å²) in [6, 6.07) is 10.2. The van der Waals surface area contributed by atoms with E-state index in [2.05, 4.69) is 10.5 Å². The number of nitrogens with one attached hydrogen (secondary N) is 2. The van der Waals surface area contributed by atoms with E-state index in [1.54, 1.807) is 24.4 Å². The molecule has 10 heteroatoms. The fraction of sp³-hybridized carbons (Fsp3) is 0.211. The van der Waals surface area contributed by atoms with Crippen molar-refractivity contribution in [3.8, 4) is 11.5 Å². The highest BCUT2D eigenvalue weighted by atomic mass is 19.4. The van der Waals surface area contributed by atoms with Gasteiger partial charge < -0.3 is 14.8 Å². The molecule has 0 spiro atoms. The van der Waals surface area contributed by atoms with Gasteiger partial charge in [0.25, 0.3) is 5.91 Å². The smallest absolute Gasteiger partial charge is 0.471 e. The Hall–Kier alpha value is -3.56. The van der Waals surface area contributed by atoms with E-state index in [0.29, 0.717) is 22.8 Å². The summed E-state index contributed by atoms with van der Waals surface area (Å²) in [5.74, 6) is -1.77. The monoisotopic (exact) mass is 409 g/mol. The summed E-state index contributed by atoms with van der Waals surface area (Å²) in [5.41, 5.74) is 3.31. The van der Waals surface area contributed by atoms with Gasteiger partial charge in [-0.25, -0.2) is 5.43 Å². The van der Waals surface area contributed by atoms with Gasteiger partial charge in [-0.1, -0.05) is 12.1 Å². The van der Waals surface area contributed by atoms with Gasteiger partial charge in [-0.15, -0.1) is 0 Å². The highest BCUT2D eigenvalue weighted by Gasteiger charge is 2.38. The number of methoxy groups -OCH3 is 2. The average molecular weight is 409 g/mol. The molecular weight excluding hydrogens is 391 g/mol. The molecular formula is C19H18F3N3O4. The highest BCUT2D eigenvalue weighted by molar-refractivity contribution is 6.02. The van der Waals surface area contributed by atoms with Crippen molar-refractivity contribution >= 4 is 23.2 Å². The van der Waals surface area contributed by atoms with E-state index >= 15 is 0 Å². The molecule has 154 valence electrons. The Morgan fingerprint density at radius 3 is 2.28 bits per heavy atom. The van der Waals surface area contributed by atoms with Gasteiger partial charge >= 0.3 is 12.1 Å². The number of halogens is 3. The minimum Gasteiger partial charge on any atom is -0.493 e. The van der Waals surface area contributed by atoms with Crippen molar-refractivity contribution in [3.63, 3.8) is 0 Å². The van der Waals surface area contributed by atoms with Gasteiger partial charge in [0.1, 0.15) is 0 Å². The number of hydrogen-bond acceptors (Lipinski definition) is 5. The molecule has 2 aromatic rings. The van der Waals surface area contributed by atoms with E-state index in [9.17, 15) is 22.8 Å². The molecule has 7 nitrogen and oxygen atoms in total. The van der Waals surface area contributed by atoms with E-state index in [0.717, 1.165) is 0 Å². The Morgan fingerprint density at radius 1 is 0.966 bits per heavy atom. The zero-order valence-electron chi connectivity index (χ0n) is 15.8. The third-order valence-electron chi connectivity index (χ3n) is 3.77. The lowest BCUT2D eigenvalue weighted by Gasteiger charge is -2.10. The lowest BCUT2D eigenvalue weighted by atomic mass is 10.1. The molecule has 29 heavy (non-hydrogen) atoms. The number of rotatable bonds is 6. The van der Waals surface area contributed by atoms with Crippen LogP contribution in [0, 0.1) is 0 Å². The zero-order valence-corrected chi connectivity index (χ0v) is 15.8. The van der Waals surface area contributed by atoms with Gasteiger partial charge in [0, 0.05) is 11.3 Å². The number of amides is 2. The fourth-order valence-electron chi connectivity index (χ4n) is 2.27. The molecule has 2 aromatic carbocycles. The molecule has 0 bridgehead atoms. The summed E-state index contributed by atoms with van der Waals surface area (Å²) < 4.78 is 47.3. The first-order valence-electron chi connectivity index (χ1n) is 8.21. The number of nitrogens with zero attached hydrogens (tertiary/aromatic N) is 1. The molecule has 0 atom stereocenters. The van der Waals surface area contributed by atoms with Gasteiger partial charge in [-0.3, -0.25) is 9.59 Å². The van der Waals surface area contributed by atoms with Crippen molar-refractivity contribution in [1.29, 1.82) is 0 Å². The van der Waals surface area contributed by atoms with Crippen LogP contribution in [0.3, 0.4) is 0 Å². The number of benzene rings is 2. The number of carbonyl (C=O) groups excluding carboxylic acids is 2. The molecule has 0 fully saturated rings. The molecule has 0 saturated carbocycles. The number of hydrazone groups is 1. The number of anilines is 1. The van der Waals surface area contributed by atoms with Gasteiger partial charge in [-0.05, 0) is 42.8 Å². The number of carbonyl (C=O) groups is 2. The SMILES string of the molecule is COc1ccc(C(=O)NN=C(C)c2cccc(NC(=O)C(F)(F)F)c2)cc1OC. The first-order chi connectivity index (χ1) is 13.7. The van der Waals surface area contributed by atoms with Crippen molar-refractivity contribution < 1.29 is 32.2 Å². The van der Waals surface area contributed by atoms with Crippen LogP contribution in [0.25, 0.3) is 0 Å². The van der Waals surface area contributed by atoms with Crippen molar-refractivity contribution in [3.05, 3.63) is 53.6 Å². The van der Waals surface area contributed by atoms with E-state index < -0.39 is 18.0 Å². The Morgan fingerprint density at radius 2 is 1.66 bits per heavy atom. The molecule has 0 radical (unpaired) electrons. The molecule has 2 rings (SSSR count). The topological polar surface area (TPSA) is 89.0 Å². The summed E-state index contributed by atoms with van der Waals surface area (Å²) in [5, 5.41) is 5.71. The van der Waals surface area contributed by atoms with Crippen LogP contribution in [0.1, 0.15) is 22.8 Å². The summed E-state index contributed by atoms with van der Waals surface area (Å²) in [6.45, 7) is 1.56. The third-order valence-corrected chi connectivity index (χ3v) is 3.77. The van der Waals surface area contributed by atoms with Crippen molar-refractivity contribution in [2.24, 2.45) is 5.10 Å². The molecule has 0 aliphatic carbocycles. The van der Waals surface area contributed by atoms with Crippen LogP contribution < -0.4 is 20.2 Å². The Balaban J connectivity index is 2.12. The quantitative estimate of drug-likeness (QED) is 0.566. The lowest BCUT2D eigenvalue weighted by Crippen LogP contribution is -2.29. The molecule has 0 heterocycles. The molecule has 0 unspecified atom stereocenters. The van der Waals surface area contributed by atoms with Crippen LogP contribution in [0.4, 0.5) is 18.9 Å². The summed E-state index contributed by atoms with van der Waals surface area (Å²) in [6.07, 6.45) is -4.99. The third kappa shape index (κ3) is 5.71. The standard InChI is InChI=1S/C19H18F3N3O4/c1-11(12-5-4-6-14(9-12)23-18(27)19(20,21)22)24-25-17(26)13-7-8-15(28-2)16(10-13)29-3/h4-10H,1-3H3,(H,23,27)(H,25,26). The normalized spacial score (nSPS) is 11.6.